The zero-order valence-electron chi connectivity index (χ0n) is 10.8. The molecule has 1 nitrogen and oxygen atoms in total. The minimum atomic E-state index is -0.548. The first-order chi connectivity index (χ1) is 7.39. The van der Waals surface area contributed by atoms with Gasteiger partial charge in [0, 0.05) is 0 Å². The molecule has 1 heteroatoms. The highest BCUT2D eigenvalue weighted by molar-refractivity contribution is 5.42. The van der Waals surface area contributed by atoms with Crippen molar-refractivity contribution in [3.05, 3.63) is 34.4 Å². The summed E-state index contributed by atoms with van der Waals surface area (Å²) in [5, 5.41) is 10.1. The van der Waals surface area contributed by atoms with Crippen LogP contribution in [0.1, 0.15) is 42.5 Å². The maximum atomic E-state index is 10.1. The van der Waals surface area contributed by atoms with E-state index in [2.05, 4.69) is 26.0 Å². The first kappa shape index (κ1) is 11.7. The molecular weight excluding hydrogens is 196 g/mol. The third-order valence-corrected chi connectivity index (χ3v) is 4.09. The lowest BCUT2D eigenvalue weighted by Gasteiger charge is -2.35. The van der Waals surface area contributed by atoms with Gasteiger partial charge < -0.3 is 5.11 Å². The van der Waals surface area contributed by atoms with Crippen molar-refractivity contribution in [2.24, 2.45) is 5.92 Å². The Morgan fingerprint density at radius 3 is 2.25 bits per heavy atom. The Morgan fingerprint density at radius 2 is 1.69 bits per heavy atom. The summed E-state index contributed by atoms with van der Waals surface area (Å²) in [7, 11) is 0. The highest BCUT2D eigenvalue weighted by atomic mass is 16.3. The van der Waals surface area contributed by atoms with Crippen LogP contribution in [0.2, 0.25) is 0 Å². The predicted molar refractivity (Wildman–Crippen MR) is 67.7 cm³/mol. The number of hydrogen-bond donors (Lipinski definition) is 1. The van der Waals surface area contributed by atoms with Gasteiger partial charge in [-0.2, -0.15) is 0 Å². The number of hydrogen-bond acceptors (Lipinski definition) is 1. The number of rotatable bonds is 1. The molecule has 0 amide bonds. The number of aryl methyl sites for hydroxylation is 2. The third kappa shape index (κ3) is 2.01. The molecule has 0 bridgehead atoms. The van der Waals surface area contributed by atoms with Crippen LogP contribution in [0.15, 0.2) is 12.1 Å². The Morgan fingerprint density at radius 1 is 1.12 bits per heavy atom. The second kappa shape index (κ2) is 3.89. The van der Waals surface area contributed by atoms with Gasteiger partial charge in [0.05, 0.1) is 5.60 Å². The molecule has 1 aliphatic rings. The quantitative estimate of drug-likeness (QED) is 0.767. The molecule has 1 N–H and O–H groups in total. The highest BCUT2D eigenvalue weighted by Gasteiger charge is 2.31. The predicted octanol–water partition coefficient (Wildman–Crippen LogP) is 3.18. The Balaban J connectivity index is 2.37. The first-order valence-corrected chi connectivity index (χ1v) is 6.20. The summed E-state index contributed by atoms with van der Waals surface area (Å²) in [5.74, 6) is 0.403. The van der Waals surface area contributed by atoms with Crippen LogP contribution in [-0.2, 0) is 12.8 Å². The van der Waals surface area contributed by atoms with E-state index in [1.54, 1.807) is 0 Å². The van der Waals surface area contributed by atoms with Crippen LogP contribution in [0.25, 0.3) is 0 Å². The second-order valence-electron chi connectivity index (χ2n) is 5.75. The van der Waals surface area contributed by atoms with Crippen molar-refractivity contribution in [2.45, 2.75) is 52.6 Å². The summed E-state index contributed by atoms with van der Waals surface area (Å²) < 4.78 is 0. The molecule has 1 atom stereocenters. The van der Waals surface area contributed by atoms with Gasteiger partial charge in [0.15, 0.2) is 0 Å². The van der Waals surface area contributed by atoms with E-state index in [0.29, 0.717) is 5.92 Å². The molecule has 0 aliphatic heterocycles. The molecule has 0 saturated carbocycles. The zero-order chi connectivity index (χ0) is 11.9. The van der Waals surface area contributed by atoms with Gasteiger partial charge in [-0.25, -0.2) is 0 Å². The van der Waals surface area contributed by atoms with E-state index in [1.165, 1.54) is 22.3 Å². The van der Waals surface area contributed by atoms with Crippen molar-refractivity contribution in [2.75, 3.05) is 0 Å². The van der Waals surface area contributed by atoms with E-state index >= 15 is 0 Å². The molecule has 16 heavy (non-hydrogen) atoms. The van der Waals surface area contributed by atoms with Crippen LogP contribution < -0.4 is 0 Å². The monoisotopic (exact) mass is 218 g/mol. The fourth-order valence-electron chi connectivity index (χ4n) is 2.83. The highest BCUT2D eigenvalue weighted by Crippen LogP contribution is 2.35. The maximum absolute atomic E-state index is 10.1. The van der Waals surface area contributed by atoms with Crippen LogP contribution in [-0.4, -0.2) is 10.7 Å². The molecule has 0 radical (unpaired) electrons. The minimum absolute atomic E-state index is 0.403. The van der Waals surface area contributed by atoms with Gasteiger partial charge in [-0.1, -0.05) is 12.1 Å². The molecule has 0 unspecified atom stereocenters. The van der Waals surface area contributed by atoms with Gasteiger partial charge in [0.25, 0.3) is 0 Å². The van der Waals surface area contributed by atoms with Gasteiger partial charge in [-0.05, 0) is 75.1 Å². The van der Waals surface area contributed by atoms with E-state index in [9.17, 15) is 5.11 Å². The summed E-state index contributed by atoms with van der Waals surface area (Å²) >= 11 is 0. The molecule has 0 fully saturated rings. The van der Waals surface area contributed by atoms with E-state index in [4.69, 9.17) is 0 Å². The Labute approximate surface area is 98.5 Å². The second-order valence-corrected chi connectivity index (χ2v) is 5.75. The molecular formula is C15H22O. The average molecular weight is 218 g/mol. The molecule has 2 rings (SSSR count). The van der Waals surface area contributed by atoms with Crippen LogP contribution >= 0.6 is 0 Å². The Bertz CT molecular complexity index is 399. The zero-order valence-corrected chi connectivity index (χ0v) is 10.8. The molecule has 0 aromatic heterocycles. The van der Waals surface area contributed by atoms with Gasteiger partial charge in [-0.3, -0.25) is 0 Å². The molecule has 1 aliphatic carbocycles. The smallest absolute Gasteiger partial charge is 0.0623 e. The van der Waals surface area contributed by atoms with Gasteiger partial charge in [0.2, 0.25) is 0 Å². The van der Waals surface area contributed by atoms with Crippen molar-refractivity contribution in [3.63, 3.8) is 0 Å². The summed E-state index contributed by atoms with van der Waals surface area (Å²) in [6.07, 6.45) is 3.27. The van der Waals surface area contributed by atoms with Crippen molar-refractivity contribution in [1.82, 2.24) is 0 Å². The lowest BCUT2D eigenvalue weighted by molar-refractivity contribution is 0.0109. The largest absolute Gasteiger partial charge is 0.390 e. The Hall–Kier alpha value is -0.820. The molecule has 0 heterocycles. The lowest BCUT2D eigenvalue weighted by Crippen LogP contribution is -2.35. The van der Waals surface area contributed by atoms with E-state index in [-0.39, 0.29) is 0 Å². The SMILES string of the molecule is Cc1ccc(C)c2c1CC[C@H](C(C)(C)O)C2. The van der Waals surface area contributed by atoms with E-state index in [0.717, 1.165) is 19.3 Å². The van der Waals surface area contributed by atoms with Crippen molar-refractivity contribution in [3.8, 4) is 0 Å². The van der Waals surface area contributed by atoms with Gasteiger partial charge >= 0.3 is 0 Å². The van der Waals surface area contributed by atoms with Gasteiger partial charge in [0.1, 0.15) is 0 Å². The topological polar surface area (TPSA) is 20.2 Å². The van der Waals surface area contributed by atoms with Crippen LogP contribution in [0.5, 0.6) is 0 Å². The molecule has 1 aromatic rings. The number of aliphatic hydroxyl groups is 1. The minimum Gasteiger partial charge on any atom is -0.390 e. The van der Waals surface area contributed by atoms with Crippen LogP contribution in [0.3, 0.4) is 0 Å². The molecule has 0 spiro atoms. The summed E-state index contributed by atoms with van der Waals surface area (Å²) in [6.45, 7) is 8.26. The number of fused-ring (bicyclic) bond motifs is 1. The lowest BCUT2D eigenvalue weighted by atomic mass is 9.74. The standard InChI is InChI=1S/C15H22O/c1-10-5-6-11(2)14-9-12(15(3,4)16)7-8-13(10)14/h5-6,12,16H,7-9H2,1-4H3/t12-/m0/s1. The van der Waals surface area contributed by atoms with Crippen molar-refractivity contribution >= 4 is 0 Å². The maximum Gasteiger partial charge on any atom is 0.0623 e. The summed E-state index contributed by atoms with van der Waals surface area (Å²) in [6, 6.07) is 4.43. The van der Waals surface area contributed by atoms with E-state index < -0.39 is 5.60 Å². The normalized spacial score (nSPS) is 20.7. The first-order valence-electron chi connectivity index (χ1n) is 6.20. The Kier molecular flexibility index (Phi) is 2.83. The fraction of sp³-hybridized carbons (Fsp3) is 0.600. The van der Waals surface area contributed by atoms with Crippen molar-refractivity contribution < 1.29 is 5.11 Å². The third-order valence-electron chi connectivity index (χ3n) is 4.09. The fourth-order valence-corrected chi connectivity index (χ4v) is 2.83. The molecule has 1 aromatic carbocycles. The van der Waals surface area contributed by atoms with Crippen LogP contribution in [0.4, 0.5) is 0 Å². The summed E-state index contributed by atoms with van der Waals surface area (Å²) in [4.78, 5) is 0. The molecule has 88 valence electrons. The number of benzene rings is 1. The molecule has 0 saturated heterocycles. The average Bonchev–Trinajstić information content (AvgIpc) is 2.22. The van der Waals surface area contributed by atoms with Gasteiger partial charge in [-0.15, -0.1) is 0 Å². The van der Waals surface area contributed by atoms with Crippen molar-refractivity contribution in [1.29, 1.82) is 0 Å². The summed E-state index contributed by atoms with van der Waals surface area (Å²) in [5.41, 5.74) is 5.26. The van der Waals surface area contributed by atoms with E-state index in [1.807, 2.05) is 13.8 Å². The van der Waals surface area contributed by atoms with Crippen LogP contribution in [0, 0.1) is 19.8 Å².